The topological polar surface area (TPSA) is 48.5 Å². The van der Waals surface area contributed by atoms with E-state index in [1.54, 1.807) is 0 Å². The standard InChI is InChI=1S/C53H33N5S/c1-4-15-34(16-5-1)38-19-12-20-39(33-38)35-29-31-37(32-30-35)51-54-50(36-17-6-2-7-18-36)55-52(56-51)42-24-13-26-44-47(42)48-41-23-14-28-46-49(41)58(43-25-10-11-27-45(43)59-46)53(48)57(44)40-21-8-3-9-22-40/h1-33H. The Morgan fingerprint density at radius 3 is 1.66 bits per heavy atom. The Labute approximate surface area is 344 Å². The molecule has 5 nitrogen and oxygen atoms in total. The molecule has 1 aliphatic heterocycles. The van der Waals surface area contributed by atoms with E-state index in [4.69, 9.17) is 15.0 Å². The highest BCUT2D eigenvalue weighted by Gasteiger charge is 2.29. The number of hydrogen-bond donors (Lipinski definition) is 0. The second kappa shape index (κ2) is 13.5. The van der Waals surface area contributed by atoms with Gasteiger partial charge in [-0.3, -0.25) is 9.13 Å². The van der Waals surface area contributed by atoms with Crippen molar-refractivity contribution in [2.75, 3.05) is 0 Å². The van der Waals surface area contributed by atoms with Gasteiger partial charge in [-0.15, -0.1) is 0 Å². The van der Waals surface area contributed by atoms with Gasteiger partial charge < -0.3 is 0 Å². The summed E-state index contributed by atoms with van der Waals surface area (Å²) in [5.74, 6) is 1.89. The smallest absolute Gasteiger partial charge is 0.164 e. The van der Waals surface area contributed by atoms with Crippen LogP contribution in [-0.2, 0) is 0 Å². The van der Waals surface area contributed by atoms with E-state index in [0.717, 1.165) is 50.1 Å². The molecule has 0 aliphatic carbocycles. The maximum Gasteiger partial charge on any atom is 0.164 e. The van der Waals surface area contributed by atoms with E-state index in [2.05, 4.69) is 191 Å². The van der Waals surface area contributed by atoms with Crippen molar-refractivity contribution < 1.29 is 0 Å². The summed E-state index contributed by atoms with van der Waals surface area (Å²) in [4.78, 5) is 18.2. The Bertz CT molecular complexity index is 3390. The maximum absolute atomic E-state index is 5.33. The van der Waals surface area contributed by atoms with Crippen molar-refractivity contribution in [2.24, 2.45) is 0 Å². The van der Waals surface area contributed by atoms with Gasteiger partial charge in [-0.2, -0.15) is 0 Å². The molecule has 0 atom stereocenters. The predicted octanol–water partition coefficient (Wildman–Crippen LogP) is 13.7. The van der Waals surface area contributed by atoms with Crippen molar-refractivity contribution >= 4 is 44.6 Å². The quantitative estimate of drug-likeness (QED) is 0.169. The Hall–Kier alpha value is -7.54. The molecule has 6 heteroatoms. The summed E-state index contributed by atoms with van der Waals surface area (Å²) in [5, 5.41) is 3.50. The Balaban J connectivity index is 1.09. The van der Waals surface area contributed by atoms with Crippen molar-refractivity contribution in [1.82, 2.24) is 24.1 Å². The van der Waals surface area contributed by atoms with E-state index in [1.165, 1.54) is 42.9 Å². The monoisotopic (exact) mass is 771 g/mol. The normalized spacial score (nSPS) is 12.0. The van der Waals surface area contributed by atoms with Crippen molar-refractivity contribution in [3.8, 4) is 67.8 Å². The minimum Gasteiger partial charge on any atom is -0.295 e. The summed E-state index contributed by atoms with van der Waals surface area (Å²) in [6, 6.07) is 70.6. The van der Waals surface area contributed by atoms with Crippen LogP contribution in [0.3, 0.4) is 0 Å². The molecule has 0 bridgehead atoms. The molecule has 0 saturated heterocycles. The lowest BCUT2D eigenvalue weighted by Gasteiger charge is -2.21. The number of nitrogens with zero attached hydrogens (tertiary/aromatic N) is 5. The van der Waals surface area contributed by atoms with Crippen LogP contribution in [-0.4, -0.2) is 24.1 Å². The third-order valence-corrected chi connectivity index (χ3v) is 12.5. The lowest BCUT2D eigenvalue weighted by atomic mass is 9.98. The zero-order valence-electron chi connectivity index (χ0n) is 31.7. The molecule has 0 radical (unpaired) electrons. The van der Waals surface area contributed by atoms with Crippen LogP contribution in [0.2, 0.25) is 0 Å². The zero-order chi connectivity index (χ0) is 38.9. The van der Waals surface area contributed by atoms with Gasteiger partial charge in [-0.05, 0) is 64.7 Å². The molecular weight excluding hydrogens is 739 g/mol. The number of rotatable bonds is 6. The van der Waals surface area contributed by atoms with E-state index in [1.807, 2.05) is 30.0 Å². The van der Waals surface area contributed by atoms with Gasteiger partial charge in [0.05, 0.1) is 16.7 Å². The first-order valence-corrected chi connectivity index (χ1v) is 20.6. The molecule has 3 aromatic heterocycles. The molecule has 4 heterocycles. The second-order valence-electron chi connectivity index (χ2n) is 14.8. The molecule has 11 aromatic rings. The van der Waals surface area contributed by atoms with Crippen molar-refractivity contribution in [3.63, 3.8) is 0 Å². The highest BCUT2D eigenvalue weighted by atomic mass is 32.2. The van der Waals surface area contributed by atoms with Crippen LogP contribution in [0, 0.1) is 0 Å². The third kappa shape index (κ3) is 5.45. The molecular formula is C53H33N5S. The van der Waals surface area contributed by atoms with E-state index < -0.39 is 0 Å². The summed E-state index contributed by atoms with van der Waals surface area (Å²) in [6.07, 6.45) is 0. The Kier molecular flexibility index (Phi) is 7.71. The number of hydrogen-bond acceptors (Lipinski definition) is 4. The zero-order valence-corrected chi connectivity index (χ0v) is 32.5. The fourth-order valence-corrected chi connectivity index (χ4v) is 9.80. The fourth-order valence-electron chi connectivity index (χ4n) is 8.71. The van der Waals surface area contributed by atoms with Crippen molar-refractivity contribution in [3.05, 3.63) is 200 Å². The highest BCUT2D eigenvalue weighted by molar-refractivity contribution is 7.99. The van der Waals surface area contributed by atoms with Crippen molar-refractivity contribution in [2.45, 2.75) is 9.79 Å². The third-order valence-electron chi connectivity index (χ3n) is 11.4. The highest BCUT2D eigenvalue weighted by Crippen LogP contribution is 2.50. The lowest BCUT2D eigenvalue weighted by Crippen LogP contribution is -2.05. The molecule has 59 heavy (non-hydrogen) atoms. The Morgan fingerprint density at radius 1 is 0.373 bits per heavy atom. The largest absolute Gasteiger partial charge is 0.295 e. The van der Waals surface area contributed by atoms with Gasteiger partial charge in [0.25, 0.3) is 0 Å². The Morgan fingerprint density at radius 2 is 0.915 bits per heavy atom. The average Bonchev–Trinajstić information content (AvgIpc) is 3.84. The SMILES string of the molecule is c1ccc(-c2cccc(-c3ccc(-c4nc(-c5ccccc5)nc(-c5cccc6c5c5c7cccc8c7n(c5n6-c5ccccc5)-c5ccccc5S8)n4)cc3)c2)cc1. The van der Waals surface area contributed by atoms with E-state index in [9.17, 15) is 0 Å². The van der Waals surface area contributed by atoms with E-state index in [-0.39, 0.29) is 0 Å². The average molecular weight is 772 g/mol. The fraction of sp³-hybridized carbons (Fsp3) is 0. The van der Waals surface area contributed by atoms with Crippen LogP contribution < -0.4 is 0 Å². The van der Waals surface area contributed by atoms with Gasteiger partial charge in [-0.25, -0.2) is 15.0 Å². The molecule has 0 spiro atoms. The predicted molar refractivity (Wildman–Crippen MR) is 242 cm³/mol. The summed E-state index contributed by atoms with van der Waals surface area (Å²) < 4.78 is 4.88. The minimum atomic E-state index is 0.627. The van der Waals surface area contributed by atoms with Crippen molar-refractivity contribution in [1.29, 1.82) is 0 Å². The molecule has 8 aromatic carbocycles. The van der Waals surface area contributed by atoms with Gasteiger partial charge in [0.15, 0.2) is 17.5 Å². The second-order valence-corrected chi connectivity index (χ2v) is 15.9. The van der Waals surface area contributed by atoms with Gasteiger partial charge in [0.1, 0.15) is 5.65 Å². The summed E-state index contributed by atoms with van der Waals surface area (Å²) in [6.45, 7) is 0. The molecule has 276 valence electrons. The molecule has 0 fully saturated rings. The number of aromatic nitrogens is 5. The van der Waals surface area contributed by atoms with Crippen LogP contribution in [0.4, 0.5) is 0 Å². The van der Waals surface area contributed by atoms with Crippen LogP contribution >= 0.6 is 11.8 Å². The number of para-hydroxylation sites is 3. The molecule has 0 saturated carbocycles. The van der Waals surface area contributed by atoms with Crippen LogP contribution in [0.25, 0.3) is 101 Å². The minimum absolute atomic E-state index is 0.627. The van der Waals surface area contributed by atoms with Crippen LogP contribution in [0.5, 0.6) is 0 Å². The lowest BCUT2D eigenvalue weighted by molar-refractivity contribution is 1.03. The number of benzene rings is 8. The van der Waals surface area contributed by atoms with Crippen LogP contribution in [0.1, 0.15) is 0 Å². The first-order valence-electron chi connectivity index (χ1n) is 19.8. The molecule has 12 rings (SSSR count). The first-order chi connectivity index (χ1) is 29.3. The molecule has 1 aliphatic rings. The molecule has 0 unspecified atom stereocenters. The van der Waals surface area contributed by atoms with E-state index in [0.29, 0.717) is 17.5 Å². The van der Waals surface area contributed by atoms with Gasteiger partial charge >= 0.3 is 0 Å². The summed E-state index contributed by atoms with van der Waals surface area (Å²) in [7, 11) is 0. The van der Waals surface area contributed by atoms with E-state index >= 15 is 0 Å². The van der Waals surface area contributed by atoms with Crippen LogP contribution in [0.15, 0.2) is 210 Å². The molecule has 0 amide bonds. The van der Waals surface area contributed by atoms with Gasteiger partial charge in [0.2, 0.25) is 0 Å². The summed E-state index contributed by atoms with van der Waals surface area (Å²) >= 11 is 1.84. The first kappa shape index (κ1) is 33.6. The number of fused-ring (bicyclic) bond motifs is 7. The molecule has 0 N–H and O–H groups in total. The van der Waals surface area contributed by atoms with Gasteiger partial charge in [0, 0.05) is 48.3 Å². The maximum atomic E-state index is 5.33. The van der Waals surface area contributed by atoms with Gasteiger partial charge in [-0.1, -0.05) is 169 Å². The summed E-state index contributed by atoms with van der Waals surface area (Å²) in [5.41, 5.74) is 13.2.